The number of hydrogen-bond donors (Lipinski definition) is 2. The number of halogens is 1. The van der Waals surface area contributed by atoms with Gasteiger partial charge in [0.2, 0.25) is 0 Å². The third-order valence-corrected chi connectivity index (χ3v) is 4.18. The first kappa shape index (κ1) is 18.7. The summed E-state index contributed by atoms with van der Waals surface area (Å²) in [4.78, 5) is 24.0. The Labute approximate surface area is 164 Å². The quantitative estimate of drug-likeness (QED) is 0.599. The molecule has 6 nitrogen and oxygen atoms in total. The number of rotatable bonds is 6. The van der Waals surface area contributed by atoms with E-state index in [2.05, 4.69) is 26.6 Å². The van der Waals surface area contributed by atoms with Gasteiger partial charge in [-0.3, -0.25) is 9.59 Å². The summed E-state index contributed by atoms with van der Waals surface area (Å²) in [6.07, 6.45) is 1.44. The van der Waals surface area contributed by atoms with E-state index in [4.69, 9.17) is 9.15 Å². The molecular weight excluding hydrogens is 412 g/mol. The van der Waals surface area contributed by atoms with Gasteiger partial charge in [0.25, 0.3) is 11.8 Å². The van der Waals surface area contributed by atoms with Crippen LogP contribution in [-0.4, -0.2) is 18.4 Å². The molecule has 0 unspecified atom stereocenters. The van der Waals surface area contributed by atoms with Crippen molar-refractivity contribution in [3.63, 3.8) is 0 Å². The van der Waals surface area contributed by atoms with Gasteiger partial charge in [-0.25, -0.2) is 0 Å². The molecular formula is C20H17BrN2O4. The first-order valence-electron chi connectivity index (χ1n) is 8.15. The SMILES string of the molecule is Cc1cc(Br)ccc1NC(=O)COc1ccc(NC(=O)c2ccco2)cc1. The van der Waals surface area contributed by atoms with Crippen LogP contribution < -0.4 is 15.4 Å². The summed E-state index contributed by atoms with van der Waals surface area (Å²) in [5.41, 5.74) is 2.29. The summed E-state index contributed by atoms with van der Waals surface area (Å²) < 4.78 is 11.5. The number of ether oxygens (including phenoxy) is 1. The molecule has 2 aromatic carbocycles. The van der Waals surface area contributed by atoms with Crippen LogP contribution in [0.2, 0.25) is 0 Å². The summed E-state index contributed by atoms with van der Waals surface area (Å²) in [6.45, 7) is 1.80. The van der Waals surface area contributed by atoms with Crippen molar-refractivity contribution in [2.45, 2.75) is 6.92 Å². The Balaban J connectivity index is 1.51. The van der Waals surface area contributed by atoms with Crippen molar-refractivity contribution < 1.29 is 18.7 Å². The molecule has 0 spiro atoms. The van der Waals surface area contributed by atoms with Crippen LogP contribution in [-0.2, 0) is 4.79 Å². The van der Waals surface area contributed by atoms with E-state index in [1.807, 2.05) is 25.1 Å². The first-order valence-corrected chi connectivity index (χ1v) is 8.94. The fourth-order valence-corrected chi connectivity index (χ4v) is 2.81. The van der Waals surface area contributed by atoms with Gasteiger partial charge in [0.1, 0.15) is 5.75 Å². The number of anilines is 2. The Morgan fingerprint density at radius 3 is 2.52 bits per heavy atom. The summed E-state index contributed by atoms with van der Waals surface area (Å²) in [5, 5.41) is 5.52. The number of amides is 2. The molecule has 0 aliphatic carbocycles. The molecule has 0 radical (unpaired) electrons. The number of nitrogens with one attached hydrogen (secondary N) is 2. The van der Waals surface area contributed by atoms with Gasteiger partial charge in [-0.1, -0.05) is 15.9 Å². The highest BCUT2D eigenvalue weighted by Crippen LogP contribution is 2.20. The van der Waals surface area contributed by atoms with E-state index in [9.17, 15) is 9.59 Å². The normalized spacial score (nSPS) is 10.3. The zero-order valence-electron chi connectivity index (χ0n) is 14.5. The Morgan fingerprint density at radius 1 is 1.07 bits per heavy atom. The summed E-state index contributed by atoms with van der Waals surface area (Å²) in [7, 11) is 0. The van der Waals surface area contributed by atoms with Gasteiger partial charge in [-0.05, 0) is 67.1 Å². The Hall–Kier alpha value is -3.06. The zero-order valence-corrected chi connectivity index (χ0v) is 16.1. The number of carbonyl (C=O) groups is 2. The Bertz CT molecular complexity index is 937. The summed E-state index contributed by atoms with van der Waals surface area (Å²) in [5.74, 6) is 0.164. The molecule has 0 saturated heterocycles. The number of furan rings is 1. The standard InChI is InChI=1S/C20H17BrN2O4/c1-13-11-14(21)4-9-17(13)23-19(24)12-27-16-7-5-15(6-8-16)22-20(25)18-3-2-10-26-18/h2-11H,12H2,1H3,(H,22,25)(H,23,24). The maximum Gasteiger partial charge on any atom is 0.291 e. The van der Waals surface area contributed by atoms with Crippen LogP contribution in [0.4, 0.5) is 11.4 Å². The van der Waals surface area contributed by atoms with E-state index in [1.165, 1.54) is 6.26 Å². The maximum absolute atomic E-state index is 12.1. The predicted octanol–water partition coefficient (Wildman–Crippen LogP) is 4.62. The molecule has 1 heterocycles. The topological polar surface area (TPSA) is 80.6 Å². The van der Waals surface area contributed by atoms with Crippen molar-refractivity contribution >= 4 is 39.1 Å². The fraction of sp³-hybridized carbons (Fsp3) is 0.100. The van der Waals surface area contributed by atoms with Crippen molar-refractivity contribution in [3.05, 3.63) is 76.7 Å². The lowest BCUT2D eigenvalue weighted by molar-refractivity contribution is -0.118. The van der Waals surface area contributed by atoms with Gasteiger partial charge in [0, 0.05) is 15.8 Å². The lowest BCUT2D eigenvalue weighted by Crippen LogP contribution is -2.20. The lowest BCUT2D eigenvalue weighted by Gasteiger charge is -2.10. The second kappa shape index (κ2) is 8.55. The molecule has 0 bridgehead atoms. The van der Waals surface area contributed by atoms with Crippen LogP contribution in [0.15, 0.2) is 69.8 Å². The molecule has 1 aromatic heterocycles. The van der Waals surface area contributed by atoms with Crippen LogP contribution in [0, 0.1) is 6.92 Å². The summed E-state index contributed by atoms with van der Waals surface area (Å²) in [6, 6.07) is 15.6. The van der Waals surface area contributed by atoms with Gasteiger partial charge in [0.15, 0.2) is 12.4 Å². The highest BCUT2D eigenvalue weighted by atomic mass is 79.9. The lowest BCUT2D eigenvalue weighted by atomic mass is 10.2. The minimum Gasteiger partial charge on any atom is -0.484 e. The largest absolute Gasteiger partial charge is 0.484 e. The van der Waals surface area contributed by atoms with E-state index in [1.54, 1.807) is 36.4 Å². The second-order valence-electron chi connectivity index (χ2n) is 5.75. The van der Waals surface area contributed by atoms with E-state index < -0.39 is 0 Å². The fourth-order valence-electron chi connectivity index (χ4n) is 2.34. The monoisotopic (exact) mass is 428 g/mol. The number of hydrogen-bond acceptors (Lipinski definition) is 4. The number of benzene rings is 2. The molecule has 0 aliphatic rings. The van der Waals surface area contributed by atoms with Crippen LogP contribution >= 0.6 is 15.9 Å². The molecule has 2 N–H and O–H groups in total. The summed E-state index contributed by atoms with van der Waals surface area (Å²) >= 11 is 3.39. The smallest absolute Gasteiger partial charge is 0.291 e. The van der Waals surface area contributed by atoms with Crippen LogP contribution in [0.3, 0.4) is 0 Å². The van der Waals surface area contributed by atoms with Crippen molar-refractivity contribution in [1.82, 2.24) is 0 Å². The number of carbonyl (C=O) groups excluding carboxylic acids is 2. The molecule has 0 fully saturated rings. The highest BCUT2D eigenvalue weighted by molar-refractivity contribution is 9.10. The van der Waals surface area contributed by atoms with E-state index >= 15 is 0 Å². The highest BCUT2D eigenvalue weighted by Gasteiger charge is 2.09. The van der Waals surface area contributed by atoms with E-state index in [0.717, 1.165) is 15.7 Å². The predicted molar refractivity (Wildman–Crippen MR) is 106 cm³/mol. The van der Waals surface area contributed by atoms with Crippen molar-refractivity contribution in [2.75, 3.05) is 17.2 Å². The van der Waals surface area contributed by atoms with Gasteiger partial charge in [-0.15, -0.1) is 0 Å². The zero-order chi connectivity index (χ0) is 19.2. The minimum atomic E-state index is -0.335. The van der Waals surface area contributed by atoms with E-state index in [-0.39, 0.29) is 24.2 Å². The van der Waals surface area contributed by atoms with Crippen LogP contribution in [0.1, 0.15) is 16.1 Å². The molecule has 7 heteroatoms. The van der Waals surface area contributed by atoms with Gasteiger partial charge in [0.05, 0.1) is 6.26 Å². The third kappa shape index (κ3) is 5.21. The average molecular weight is 429 g/mol. The van der Waals surface area contributed by atoms with Crippen LogP contribution in [0.5, 0.6) is 5.75 Å². The van der Waals surface area contributed by atoms with Crippen LogP contribution in [0.25, 0.3) is 0 Å². The average Bonchev–Trinajstić information content (AvgIpc) is 3.18. The molecule has 27 heavy (non-hydrogen) atoms. The first-order chi connectivity index (χ1) is 13.0. The van der Waals surface area contributed by atoms with Gasteiger partial charge >= 0.3 is 0 Å². The van der Waals surface area contributed by atoms with E-state index in [0.29, 0.717) is 11.4 Å². The third-order valence-electron chi connectivity index (χ3n) is 3.69. The molecule has 0 saturated carbocycles. The van der Waals surface area contributed by atoms with Crippen molar-refractivity contribution in [1.29, 1.82) is 0 Å². The second-order valence-corrected chi connectivity index (χ2v) is 6.67. The Kier molecular flexibility index (Phi) is 5.93. The molecule has 0 atom stereocenters. The molecule has 3 rings (SSSR count). The van der Waals surface area contributed by atoms with Gasteiger partial charge in [-0.2, -0.15) is 0 Å². The molecule has 2 amide bonds. The molecule has 0 aliphatic heterocycles. The van der Waals surface area contributed by atoms with Gasteiger partial charge < -0.3 is 19.8 Å². The Morgan fingerprint density at radius 2 is 1.85 bits per heavy atom. The molecule has 138 valence electrons. The van der Waals surface area contributed by atoms with Crippen molar-refractivity contribution in [3.8, 4) is 5.75 Å². The van der Waals surface area contributed by atoms with Crippen molar-refractivity contribution in [2.24, 2.45) is 0 Å². The molecule has 3 aromatic rings. The maximum atomic E-state index is 12.1. The number of aryl methyl sites for hydroxylation is 1. The minimum absolute atomic E-state index is 0.117.